The topological polar surface area (TPSA) is 257 Å². The van der Waals surface area contributed by atoms with Crippen molar-refractivity contribution in [3.05, 3.63) is 34.7 Å². The summed E-state index contributed by atoms with van der Waals surface area (Å²) < 4.78 is 44.9. The van der Waals surface area contributed by atoms with Crippen molar-refractivity contribution in [3.63, 3.8) is 0 Å². The molecule has 1 aromatic heterocycles. The normalized spacial score (nSPS) is 42.4. The highest BCUT2D eigenvalue weighted by Gasteiger charge is 2.52. The summed E-state index contributed by atoms with van der Waals surface area (Å²) in [5.74, 6) is 0.0978. The molecule has 0 saturated carbocycles. The number of ether oxygens (including phenoxy) is 7. The summed E-state index contributed by atoms with van der Waals surface area (Å²) in [6.07, 6.45) is -22.7. The van der Waals surface area contributed by atoms with Crippen molar-refractivity contribution in [2.24, 2.45) is 0 Å². The van der Waals surface area contributed by atoms with Crippen LogP contribution in [0.15, 0.2) is 33.5 Å². The molecule has 0 aliphatic carbocycles. The van der Waals surface area contributed by atoms with Crippen LogP contribution in [0.2, 0.25) is 0 Å². The maximum absolute atomic E-state index is 11.8. The zero-order chi connectivity index (χ0) is 32.7. The number of hydrogen-bond acceptors (Lipinski definition) is 17. The van der Waals surface area contributed by atoms with Crippen molar-refractivity contribution in [1.82, 2.24) is 0 Å². The third kappa shape index (κ3) is 6.82. The molecule has 45 heavy (non-hydrogen) atoms. The van der Waals surface area contributed by atoms with E-state index in [1.54, 1.807) is 0 Å². The number of methoxy groups -OCH3 is 1. The lowest BCUT2D eigenvalue weighted by molar-refractivity contribution is -0.360. The maximum atomic E-state index is 11.8. The van der Waals surface area contributed by atoms with Gasteiger partial charge in [-0.15, -0.1) is 0 Å². The minimum Gasteiger partial charge on any atom is -0.493 e. The van der Waals surface area contributed by atoms with Crippen molar-refractivity contribution in [3.8, 4) is 11.5 Å². The van der Waals surface area contributed by atoms with Crippen LogP contribution in [0.25, 0.3) is 11.0 Å². The number of aliphatic hydroxyl groups is 8. The lowest BCUT2D eigenvalue weighted by Crippen LogP contribution is -2.65. The fraction of sp³-hybridized carbons (Fsp3) is 0.679. The Morgan fingerprint density at radius 1 is 0.689 bits per heavy atom. The molecule has 0 unspecified atom stereocenters. The predicted molar refractivity (Wildman–Crippen MR) is 146 cm³/mol. The molecule has 0 amide bonds. The first kappa shape index (κ1) is 33.9. The number of benzene rings is 1. The first-order valence-corrected chi connectivity index (χ1v) is 14.3. The van der Waals surface area contributed by atoms with Crippen LogP contribution in [0.5, 0.6) is 11.5 Å². The van der Waals surface area contributed by atoms with Crippen molar-refractivity contribution < 1.29 is 78.4 Å². The Hall–Kier alpha value is -2.49. The lowest BCUT2D eigenvalue weighted by Gasteiger charge is -2.46. The first-order valence-electron chi connectivity index (χ1n) is 14.3. The Kier molecular flexibility index (Phi) is 10.3. The zero-order valence-corrected chi connectivity index (χ0v) is 24.4. The summed E-state index contributed by atoms with van der Waals surface area (Å²) in [6, 6.07) is 5.56. The van der Waals surface area contributed by atoms with Crippen molar-refractivity contribution >= 4 is 11.0 Å². The van der Waals surface area contributed by atoms with E-state index in [-0.39, 0.29) is 17.1 Å². The molecule has 3 aliphatic heterocycles. The van der Waals surface area contributed by atoms with E-state index in [1.165, 1.54) is 45.2 Å². The van der Waals surface area contributed by atoms with Gasteiger partial charge in [-0.3, -0.25) is 0 Å². The fourth-order valence-corrected chi connectivity index (χ4v) is 5.36. The van der Waals surface area contributed by atoms with E-state index in [0.717, 1.165) is 0 Å². The maximum Gasteiger partial charge on any atom is 0.336 e. The average molecular weight is 647 g/mol. The monoisotopic (exact) mass is 646 g/mol. The van der Waals surface area contributed by atoms with Crippen LogP contribution < -0.4 is 15.1 Å². The van der Waals surface area contributed by atoms with E-state index in [1.807, 2.05) is 0 Å². The highest BCUT2D eigenvalue weighted by atomic mass is 16.8. The predicted octanol–water partition coefficient (Wildman–Crippen LogP) is -3.32. The molecule has 3 aliphatic rings. The molecule has 0 spiro atoms. The molecule has 1 aromatic carbocycles. The second-order valence-electron chi connectivity index (χ2n) is 11.2. The van der Waals surface area contributed by atoms with Crippen molar-refractivity contribution in [2.45, 2.75) is 106 Å². The fourth-order valence-electron chi connectivity index (χ4n) is 5.36. The minimum atomic E-state index is -1.82. The summed E-state index contributed by atoms with van der Waals surface area (Å²) in [5, 5.41) is 83.9. The van der Waals surface area contributed by atoms with Crippen LogP contribution in [-0.4, -0.2) is 147 Å². The summed E-state index contributed by atoms with van der Waals surface area (Å²) in [4.78, 5) is 11.8. The molecular formula is C28H38O17. The average Bonchev–Trinajstić information content (AvgIpc) is 3.02. The molecule has 17 heteroatoms. The van der Waals surface area contributed by atoms with Gasteiger partial charge in [0, 0.05) is 17.5 Å². The zero-order valence-electron chi connectivity index (χ0n) is 24.4. The molecule has 3 saturated heterocycles. The van der Waals surface area contributed by atoms with E-state index in [2.05, 4.69) is 0 Å². The van der Waals surface area contributed by atoms with Crippen molar-refractivity contribution in [2.75, 3.05) is 13.7 Å². The van der Waals surface area contributed by atoms with Crippen LogP contribution in [0.1, 0.15) is 13.8 Å². The molecule has 15 atom stereocenters. The number of fused-ring (bicyclic) bond motifs is 1. The Balaban J connectivity index is 1.42. The van der Waals surface area contributed by atoms with E-state index in [4.69, 9.17) is 37.6 Å². The van der Waals surface area contributed by atoms with Gasteiger partial charge in [0.2, 0.25) is 6.29 Å². The van der Waals surface area contributed by atoms with E-state index in [0.29, 0.717) is 5.39 Å². The molecule has 3 fully saturated rings. The molecular weight excluding hydrogens is 608 g/mol. The van der Waals surface area contributed by atoms with Gasteiger partial charge in [-0.05, 0) is 26.0 Å². The van der Waals surface area contributed by atoms with Gasteiger partial charge in [0.25, 0.3) is 0 Å². The van der Waals surface area contributed by atoms with Gasteiger partial charge in [-0.25, -0.2) is 4.79 Å². The summed E-state index contributed by atoms with van der Waals surface area (Å²) in [6.45, 7) is 2.35. The Bertz CT molecular complexity index is 1350. The van der Waals surface area contributed by atoms with Crippen LogP contribution >= 0.6 is 0 Å². The molecule has 252 valence electrons. The Labute approximate surface area is 255 Å². The smallest absolute Gasteiger partial charge is 0.336 e. The molecule has 17 nitrogen and oxygen atoms in total. The van der Waals surface area contributed by atoms with Crippen LogP contribution in [-0.2, 0) is 23.7 Å². The molecule has 0 bridgehead atoms. The largest absolute Gasteiger partial charge is 0.493 e. The quantitative estimate of drug-likeness (QED) is 0.131. The van der Waals surface area contributed by atoms with Crippen LogP contribution in [0.4, 0.5) is 0 Å². The third-order valence-corrected chi connectivity index (χ3v) is 8.13. The summed E-state index contributed by atoms with van der Waals surface area (Å²) >= 11 is 0. The van der Waals surface area contributed by atoms with Gasteiger partial charge in [-0.2, -0.15) is 0 Å². The highest BCUT2D eigenvalue weighted by molar-refractivity contribution is 5.80. The number of aliphatic hydroxyl groups excluding tert-OH is 8. The number of hydrogen-bond donors (Lipinski definition) is 8. The standard InChI is InChI=1S/C28H38O17/c1-9-17(30)20(33)23(36)26(40-9)39-8-15-19(32)22(35)25(45-27-24(37)21(34)18(31)10(2)41-27)28(44-15)43-14-7-12-11(6-13(14)38-3)4-5-16(29)42-12/h4-7,9-10,15,17-28,30-37H,8H2,1-3H3/t9-,10-,15+,17-,18-,19+,20+,21+,22-,23+,24+,25+,26+,27+,28+/m0/s1. The first-order chi connectivity index (χ1) is 21.3. The van der Waals surface area contributed by atoms with Crippen molar-refractivity contribution in [1.29, 1.82) is 0 Å². The molecule has 5 rings (SSSR count). The second kappa shape index (κ2) is 13.7. The minimum absolute atomic E-state index is 0.0490. The second-order valence-corrected chi connectivity index (χ2v) is 11.2. The Morgan fingerprint density at radius 3 is 1.96 bits per heavy atom. The Morgan fingerprint density at radius 2 is 1.31 bits per heavy atom. The summed E-state index contributed by atoms with van der Waals surface area (Å²) in [5.41, 5.74) is -0.524. The van der Waals surface area contributed by atoms with Gasteiger partial charge < -0.3 is 78.4 Å². The molecule has 8 N–H and O–H groups in total. The summed E-state index contributed by atoms with van der Waals surface area (Å²) in [7, 11) is 1.35. The lowest BCUT2D eigenvalue weighted by atomic mass is 9.97. The van der Waals surface area contributed by atoms with Gasteiger partial charge >= 0.3 is 5.63 Å². The van der Waals surface area contributed by atoms with Gasteiger partial charge in [-0.1, -0.05) is 0 Å². The van der Waals surface area contributed by atoms with Crippen LogP contribution in [0, 0.1) is 0 Å². The number of rotatable bonds is 8. The molecule has 2 aromatic rings. The van der Waals surface area contributed by atoms with Gasteiger partial charge in [0.05, 0.1) is 25.9 Å². The van der Waals surface area contributed by atoms with Gasteiger partial charge in [0.15, 0.2) is 30.2 Å². The third-order valence-electron chi connectivity index (χ3n) is 8.13. The molecule has 0 radical (unpaired) electrons. The van der Waals surface area contributed by atoms with Gasteiger partial charge in [0.1, 0.15) is 60.5 Å². The van der Waals surface area contributed by atoms with E-state index >= 15 is 0 Å². The highest BCUT2D eigenvalue weighted by Crippen LogP contribution is 2.36. The van der Waals surface area contributed by atoms with Crippen LogP contribution in [0.3, 0.4) is 0 Å². The molecule has 4 heterocycles. The SMILES string of the molecule is COc1cc2ccc(=O)oc2cc1O[C@@H]1O[C@H](CO[C@@H]2O[C@@H](C)[C@H](O)[C@@H](O)[C@H]2O)[C@@H](O)[C@H](O)[C@H]1O[C@H]1O[C@@H](C)[C@H](O)[C@@H](O)[C@H]1O. The van der Waals surface area contributed by atoms with E-state index in [9.17, 15) is 45.6 Å². The van der Waals surface area contributed by atoms with E-state index < -0.39 is 104 Å².